The van der Waals surface area contributed by atoms with Gasteiger partial charge in [-0.1, -0.05) is 0 Å². The van der Waals surface area contributed by atoms with E-state index in [1.165, 1.54) is 6.42 Å². The summed E-state index contributed by atoms with van der Waals surface area (Å²) in [5.74, 6) is 2.60. The maximum absolute atomic E-state index is 5.98. The van der Waals surface area contributed by atoms with Crippen LogP contribution in [0.2, 0.25) is 0 Å². The van der Waals surface area contributed by atoms with Crippen LogP contribution in [-0.2, 0) is 23.1 Å². The Morgan fingerprint density at radius 3 is 2.71 bits per heavy atom. The fourth-order valence-corrected chi connectivity index (χ4v) is 4.01. The minimum Gasteiger partial charge on any atom is -0.379 e. The van der Waals surface area contributed by atoms with Gasteiger partial charge in [-0.2, -0.15) is 0 Å². The molecule has 28 heavy (non-hydrogen) atoms. The maximum Gasteiger partial charge on any atom is 0.192 e. The minimum absolute atomic E-state index is 0. The van der Waals surface area contributed by atoms with Crippen LogP contribution in [0.5, 0.6) is 0 Å². The molecule has 4 heterocycles. The van der Waals surface area contributed by atoms with Crippen LogP contribution in [0.1, 0.15) is 30.9 Å². The summed E-state index contributed by atoms with van der Waals surface area (Å²) in [5.41, 5.74) is 0. The topological polar surface area (TPSA) is 88.8 Å². The Bertz CT molecular complexity index is 662. The standard InChI is InChI=1S/C18H31N7O2.HI/c1-13-22-23-17(24(13)2)12-20-18(19-5-6-25-7-9-26-10-8-25)21-15-11-14-3-4-16(15)27-14;/h14-16H,3-12H2,1-2H3,(H2,19,20,21);1H. The largest absolute Gasteiger partial charge is 0.379 e. The van der Waals surface area contributed by atoms with Crippen molar-refractivity contribution in [3.63, 3.8) is 0 Å². The van der Waals surface area contributed by atoms with E-state index in [1.54, 1.807) is 0 Å². The van der Waals surface area contributed by atoms with Crippen molar-refractivity contribution in [1.29, 1.82) is 0 Å². The normalized spacial score (nSPS) is 27.6. The minimum atomic E-state index is 0. The van der Waals surface area contributed by atoms with Gasteiger partial charge in [0.1, 0.15) is 12.4 Å². The number of fused-ring (bicyclic) bond motifs is 2. The molecule has 3 aliphatic heterocycles. The fraction of sp³-hybridized carbons (Fsp3) is 0.833. The molecule has 0 aliphatic carbocycles. The van der Waals surface area contributed by atoms with E-state index in [9.17, 15) is 0 Å². The zero-order valence-corrected chi connectivity index (χ0v) is 19.1. The number of rotatable bonds is 6. The van der Waals surface area contributed by atoms with Crippen molar-refractivity contribution in [2.75, 3.05) is 39.4 Å². The zero-order chi connectivity index (χ0) is 18.6. The molecule has 0 saturated carbocycles. The number of ether oxygens (including phenoxy) is 2. The van der Waals surface area contributed by atoms with Crippen LogP contribution in [0, 0.1) is 6.92 Å². The first-order valence-corrected chi connectivity index (χ1v) is 10.0. The van der Waals surface area contributed by atoms with E-state index in [-0.39, 0.29) is 24.0 Å². The van der Waals surface area contributed by atoms with Crippen molar-refractivity contribution in [3.8, 4) is 0 Å². The number of halogens is 1. The van der Waals surface area contributed by atoms with Gasteiger partial charge in [-0.25, -0.2) is 4.99 Å². The van der Waals surface area contributed by atoms with E-state index in [1.807, 2.05) is 18.5 Å². The van der Waals surface area contributed by atoms with Gasteiger partial charge in [0.2, 0.25) is 0 Å². The fourth-order valence-electron chi connectivity index (χ4n) is 4.01. The first kappa shape index (κ1) is 21.7. The summed E-state index contributed by atoms with van der Waals surface area (Å²) in [7, 11) is 1.98. The van der Waals surface area contributed by atoms with Gasteiger partial charge in [0, 0.05) is 33.2 Å². The van der Waals surface area contributed by atoms with Gasteiger partial charge in [-0.05, 0) is 26.2 Å². The summed E-state index contributed by atoms with van der Waals surface area (Å²) >= 11 is 0. The summed E-state index contributed by atoms with van der Waals surface area (Å²) in [6.07, 6.45) is 4.14. The Labute approximate surface area is 183 Å². The molecule has 10 heteroatoms. The number of hydrogen-bond donors (Lipinski definition) is 2. The molecule has 158 valence electrons. The Balaban J connectivity index is 0.00000225. The quantitative estimate of drug-likeness (QED) is 0.330. The molecule has 0 spiro atoms. The summed E-state index contributed by atoms with van der Waals surface area (Å²) in [5, 5.41) is 15.4. The molecule has 2 N–H and O–H groups in total. The number of aryl methyl sites for hydroxylation is 1. The van der Waals surface area contributed by atoms with Crippen LogP contribution in [0.25, 0.3) is 0 Å². The second-order valence-corrected chi connectivity index (χ2v) is 7.63. The SMILES string of the molecule is Cc1nnc(CN=C(NCCN2CCOCC2)NC2CC3CCC2O3)n1C.I. The van der Waals surface area contributed by atoms with Crippen LogP contribution < -0.4 is 10.6 Å². The van der Waals surface area contributed by atoms with E-state index in [0.29, 0.717) is 24.8 Å². The molecule has 9 nitrogen and oxygen atoms in total. The van der Waals surface area contributed by atoms with Crippen LogP contribution >= 0.6 is 24.0 Å². The Morgan fingerprint density at radius 1 is 1.25 bits per heavy atom. The van der Waals surface area contributed by atoms with Gasteiger partial charge < -0.3 is 24.7 Å². The van der Waals surface area contributed by atoms with Gasteiger partial charge in [-0.15, -0.1) is 34.2 Å². The number of nitrogens with zero attached hydrogens (tertiary/aromatic N) is 5. The smallest absolute Gasteiger partial charge is 0.192 e. The summed E-state index contributed by atoms with van der Waals surface area (Å²) in [4.78, 5) is 7.19. The number of guanidine groups is 1. The average Bonchev–Trinajstić information content (AvgIpc) is 3.38. The Kier molecular flexibility index (Phi) is 7.89. The van der Waals surface area contributed by atoms with Crippen LogP contribution in [0.4, 0.5) is 0 Å². The molecule has 1 aromatic rings. The van der Waals surface area contributed by atoms with E-state index < -0.39 is 0 Å². The lowest BCUT2D eigenvalue weighted by Gasteiger charge is -2.27. The van der Waals surface area contributed by atoms with Crippen molar-refractivity contribution < 1.29 is 9.47 Å². The van der Waals surface area contributed by atoms with Crippen molar-refractivity contribution in [1.82, 2.24) is 30.3 Å². The van der Waals surface area contributed by atoms with Crippen molar-refractivity contribution in [2.45, 2.75) is 51.0 Å². The lowest BCUT2D eigenvalue weighted by molar-refractivity contribution is 0.0389. The van der Waals surface area contributed by atoms with Gasteiger partial charge in [-0.3, -0.25) is 4.90 Å². The molecule has 3 saturated heterocycles. The van der Waals surface area contributed by atoms with Crippen molar-refractivity contribution >= 4 is 29.9 Å². The van der Waals surface area contributed by atoms with Gasteiger partial charge in [0.05, 0.1) is 31.5 Å². The molecule has 2 bridgehead atoms. The average molecular weight is 505 g/mol. The third kappa shape index (κ3) is 5.33. The first-order valence-electron chi connectivity index (χ1n) is 10.0. The van der Waals surface area contributed by atoms with Gasteiger partial charge >= 0.3 is 0 Å². The highest BCUT2D eigenvalue weighted by Crippen LogP contribution is 2.34. The summed E-state index contributed by atoms with van der Waals surface area (Å²) < 4.78 is 13.4. The van der Waals surface area contributed by atoms with Crippen LogP contribution in [0.15, 0.2) is 4.99 Å². The highest BCUT2D eigenvalue weighted by atomic mass is 127. The molecule has 3 fully saturated rings. The first-order chi connectivity index (χ1) is 13.2. The molecular formula is C18H32IN7O2. The molecule has 3 atom stereocenters. The molecule has 0 amide bonds. The molecule has 3 unspecified atom stereocenters. The Hall–Kier alpha value is -0.980. The molecule has 0 aromatic carbocycles. The number of morpholine rings is 1. The zero-order valence-electron chi connectivity index (χ0n) is 16.8. The van der Waals surface area contributed by atoms with Crippen LogP contribution in [-0.4, -0.2) is 83.3 Å². The molecule has 1 aromatic heterocycles. The molecule has 3 aliphatic rings. The maximum atomic E-state index is 5.98. The highest BCUT2D eigenvalue weighted by molar-refractivity contribution is 14.0. The number of nitrogens with one attached hydrogen (secondary N) is 2. The van der Waals surface area contributed by atoms with Gasteiger partial charge in [0.25, 0.3) is 0 Å². The van der Waals surface area contributed by atoms with E-state index >= 15 is 0 Å². The second-order valence-electron chi connectivity index (χ2n) is 7.63. The number of aliphatic imine (C=N–C) groups is 1. The molecular weight excluding hydrogens is 473 g/mol. The molecule has 0 radical (unpaired) electrons. The number of hydrogen-bond acceptors (Lipinski definition) is 6. The van der Waals surface area contributed by atoms with E-state index in [2.05, 4.69) is 25.7 Å². The molecule has 4 rings (SSSR count). The lowest BCUT2D eigenvalue weighted by Crippen LogP contribution is -2.49. The monoisotopic (exact) mass is 505 g/mol. The predicted molar refractivity (Wildman–Crippen MR) is 117 cm³/mol. The Morgan fingerprint density at radius 2 is 2.07 bits per heavy atom. The summed E-state index contributed by atoms with van der Waals surface area (Å²) in [6, 6.07) is 0.347. The third-order valence-electron chi connectivity index (χ3n) is 5.81. The van der Waals surface area contributed by atoms with Crippen molar-refractivity contribution in [3.05, 3.63) is 11.6 Å². The third-order valence-corrected chi connectivity index (χ3v) is 5.81. The second kappa shape index (κ2) is 10.2. The van der Waals surface area contributed by atoms with E-state index in [4.69, 9.17) is 14.5 Å². The van der Waals surface area contributed by atoms with E-state index in [0.717, 1.165) is 69.8 Å². The summed E-state index contributed by atoms with van der Waals surface area (Å²) in [6.45, 7) is 7.95. The predicted octanol–water partition coefficient (Wildman–Crippen LogP) is 0.429. The van der Waals surface area contributed by atoms with Crippen molar-refractivity contribution in [2.24, 2.45) is 12.0 Å². The van der Waals surface area contributed by atoms with Crippen LogP contribution in [0.3, 0.4) is 0 Å². The highest BCUT2D eigenvalue weighted by Gasteiger charge is 2.41. The van der Waals surface area contributed by atoms with Gasteiger partial charge in [0.15, 0.2) is 11.8 Å². The lowest BCUT2D eigenvalue weighted by atomic mass is 9.96. The number of aromatic nitrogens is 3.